The van der Waals surface area contributed by atoms with Crippen molar-refractivity contribution in [1.82, 2.24) is 0 Å². The topological polar surface area (TPSA) is 92.8 Å². The first-order chi connectivity index (χ1) is 13.1. The molecule has 0 aliphatic carbocycles. The second kappa shape index (κ2) is 7.63. The minimum Gasteiger partial charge on any atom is -0.496 e. The van der Waals surface area contributed by atoms with E-state index in [9.17, 15) is 16.8 Å². The van der Waals surface area contributed by atoms with E-state index in [4.69, 9.17) is 4.74 Å². The second-order valence-electron chi connectivity index (χ2n) is 6.83. The van der Waals surface area contributed by atoms with E-state index >= 15 is 0 Å². The van der Waals surface area contributed by atoms with E-state index in [0.717, 1.165) is 12.0 Å². The Morgan fingerprint density at radius 1 is 1.04 bits per heavy atom. The summed E-state index contributed by atoms with van der Waals surface area (Å²) in [6.45, 7) is 3.93. The maximum Gasteiger partial charge on any atom is 0.262 e. The van der Waals surface area contributed by atoms with Gasteiger partial charge >= 0.3 is 0 Å². The van der Waals surface area contributed by atoms with Crippen molar-refractivity contribution in [3.05, 3.63) is 47.5 Å². The van der Waals surface area contributed by atoms with Crippen molar-refractivity contribution in [2.75, 3.05) is 28.4 Å². The third kappa shape index (κ3) is 4.10. The molecule has 1 N–H and O–H groups in total. The van der Waals surface area contributed by atoms with Gasteiger partial charge in [-0.05, 0) is 74.2 Å². The van der Waals surface area contributed by atoms with Crippen LogP contribution >= 0.6 is 0 Å². The Morgan fingerprint density at radius 3 is 2.32 bits per heavy atom. The lowest BCUT2D eigenvalue weighted by Gasteiger charge is -2.28. The SMILES string of the molecule is COc1cc(C)c(S(=O)(=O)Nc2ccc(N3CCCCS3(=O)=O)cc2)cc1C. The van der Waals surface area contributed by atoms with Gasteiger partial charge in [-0.15, -0.1) is 0 Å². The highest BCUT2D eigenvalue weighted by Crippen LogP contribution is 2.29. The number of benzene rings is 2. The molecule has 0 aromatic heterocycles. The minimum atomic E-state index is -3.79. The fraction of sp³-hybridized carbons (Fsp3) is 0.368. The number of hydrogen-bond acceptors (Lipinski definition) is 5. The summed E-state index contributed by atoms with van der Waals surface area (Å²) in [6.07, 6.45) is 1.47. The summed E-state index contributed by atoms with van der Waals surface area (Å²) in [5, 5.41) is 0. The maximum atomic E-state index is 12.8. The molecule has 7 nitrogen and oxygen atoms in total. The van der Waals surface area contributed by atoms with Crippen LogP contribution in [0.3, 0.4) is 0 Å². The quantitative estimate of drug-likeness (QED) is 0.796. The van der Waals surface area contributed by atoms with Crippen molar-refractivity contribution in [2.24, 2.45) is 0 Å². The summed E-state index contributed by atoms with van der Waals surface area (Å²) in [6, 6.07) is 9.64. The molecule has 0 unspecified atom stereocenters. The number of sulfonamides is 2. The first-order valence-corrected chi connectivity index (χ1v) is 12.0. The highest BCUT2D eigenvalue weighted by Gasteiger charge is 2.26. The van der Waals surface area contributed by atoms with Crippen molar-refractivity contribution in [2.45, 2.75) is 31.6 Å². The van der Waals surface area contributed by atoms with Gasteiger partial charge in [0.25, 0.3) is 10.0 Å². The first kappa shape index (κ1) is 20.5. The van der Waals surface area contributed by atoms with Crippen LogP contribution in [0.15, 0.2) is 41.3 Å². The number of aryl methyl sites for hydroxylation is 2. The third-order valence-corrected chi connectivity index (χ3v) is 8.13. The zero-order valence-corrected chi connectivity index (χ0v) is 17.7. The predicted molar refractivity (Wildman–Crippen MR) is 110 cm³/mol. The Labute approximate surface area is 166 Å². The Hall–Kier alpha value is -2.26. The standard InChI is InChI=1S/C19H24N2O5S2/c1-14-13-19(15(2)12-18(14)26-3)28(24,25)20-16-6-8-17(9-7-16)21-10-4-5-11-27(21,22)23/h6-9,12-13,20H,4-5,10-11H2,1-3H3. The molecular formula is C19H24N2O5S2. The Balaban J connectivity index is 1.85. The molecule has 152 valence electrons. The molecule has 0 spiro atoms. The lowest BCUT2D eigenvalue weighted by molar-refractivity contribution is 0.411. The van der Waals surface area contributed by atoms with Crippen LogP contribution in [0, 0.1) is 13.8 Å². The number of anilines is 2. The van der Waals surface area contributed by atoms with Crippen molar-refractivity contribution in [3.8, 4) is 5.75 Å². The molecule has 1 heterocycles. The van der Waals surface area contributed by atoms with Crippen LogP contribution in [0.1, 0.15) is 24.0 Å². The highest BCUT2D eigenvalue weighted by atomic mass is 32.2. The third-order valence-electron chi connectivity index (χ3n) is 4.74. The van der Waals surface area contributed by atoms with E-state index in [0.29, 0.717) is 35.7 Å². The van der Waals surface area contributed by atoms with Crippen LogP contribution in [-0.4, -0.2) is 36.2 Å². The number of nitrogens with one attached hydrogen (secondary N) is 1. The summed E-state index contributed by atoms with van der Waals surface area (Å²) in [5.41, 5.74) is 2.20. The Bertz CT molecular complexity index is 1080. The van der Waals surface area contributed by atoms with Gasteiger partial charge in [-0.3, -0.25) is 9.03 Å². The van der Waals surface area contributed by atoms with Gasteiger partial charge in [0.15, 0.2) is 0 Å². The fourth-order valence-electron chi connectivity index (χ4n) is 3.26. The van der Waals surface area contributed by atoms with Gasteiger partial charge in [-0.2, -0.15) is 0 Å². The lowest BCUT2D eigenvalue weighted by atomic mass is 10.1. The van der Waals surface area contributed by atoms with Gasteiger partial charge in [-0.25, -0.2) is 16.8 Å². The molecule has 3 rings (SSSR count). The van der Waals surface area contributed by atoms with Gasteiger partial charge < -0.3 is 4.74 Å². The van der Waals surface area contributed by atoms with Crippen LogP contribution in [0.25, 0.3) is 0 Å². The molecule has 0 amide bonds. The van der Waals surface area contributed by atoms with E-state index in [1.807, 2.05) is 0 Å². The van der Waals surface area contributed by atoms with Gasteiger partial charge in [-0.1, -0.05) is 0 Å². The molecular weight excluding hydrogens is 400 g/mol. The van der Waals surface area contributed by atoms with Gasteiger partial charge in [0, 0.05) is 12.2 Å². The predicted octanol–water partition coefficient (Wildman–Crippen LogP) is 3.04. The minimum absolute atomic E-state index is 0.136. The molecule has 0 radical (unpaired) electrons. The van der Waals surface area contributed by atoms with Crippen molar-refractivity contribution < 1.29 is 21.6 Å². The van der Waals surface area contributed by atoms with Gasteiger partial charge in [0.1, 0.15) is 5.75 Å². The molecule has 1 aliphatic rings. The number of rotatable bonds is 5. The average molecular weight is 425 g/mol. The Morgan fingerprint density at radius 2 is 1.71 bits per heavy atom. The Kier molecular flexibility index (Phi) is 5.58. The van der Waals surface area contributed by atoms with E-state index in [1.165, 1.54) is 11.4 Å². The van der Waals surface area contributed by atoms with Gasteiger partial charge in [0.2, 0.25) is 10.0 Å². The molecule has 2 aromatic carbocycles. The largest absolute Gasteiger partial charge is 0.496 e. The second-order valence-corrected chi connectivity index (χ2v) is 10.5. The van der Waals surface area contributed by atoms with Crippen LogP contribution in [-0.2, 0) is 20.0 Å². The number of methoxy groups -OCH3 is 1. The van der Waals surface area contributed by atoms with Crippen molar-refractivity contribution in [1.29, 1.82) is 0 Å². The molecule has 9 heteroatoms. The normalized spacial score (nSPS) is 16.6. The van der Waals surface area contributed by atoms with E-state index < -0.39 is 20.0 Å². The zero-order chi connectivity index (χ0) is 20.5. The average Bonchev–Trinajstić information content (AvgIpc) is 2.63. The van der Waals surface area contributed by atoms with Crippen LogP contribution in [0.4, 0.5) is 11.4 Å². The monoisotopic (exact) mass is 424 g/mol. The van der Waals surface area contributed by atoms with Crippen molar-refractivity contribution in [3.63, 3.8) is 0 Å². The molecule has 0 atom stereocenters. The smallest absolute Gasteiger partial charge is 0.262 e. The van der Waals surface area contributed by atoms with E-state index in [2.05, 4.69) is 4.72 Å². The zero-order valence-electron chi connectivity index (χ0n) is 16.1. The molecule has 2 aromatic rings. The molecule has 1 aliphatic heterocycles. The molecule has 28 heavy (non-hydrogen) atoms. The highest BCUT2D eigenvalue weighted by molar-refractivity contribution is 7.93. The van der Waals surface area contributed by atoms with Crippen LogP contribution < -0.4 is 13.8 Å². The van der Waals surface area contributed by atoms with Crippen molar-refractivity contribution >= 4 is 31.4 Å². The lowest BCUT2D eigenvalue weighted by Crippen LogP contribution is -2.37. The summed E-state index contributed by atoms with van der Waals surface area (Å²) in [7, 11) is -5.55. The number of ether oxygens (including phenoxy) is 1. The summed E-state index contributed by atoms with van der Waals surface area (Å²) < 4.78 is 59.2. The summed E-state index contributed by atoms with van der Waals surface area (Å²) in [4.78, 5) is 0.175. The number of nitrogens with zero attached hydrogens (tertiary/aromatic N) is 1. The number of hydrogen-bond donors (Lipinski definition) is 1. The molecule has 1 fully saturated rings. The van der Waals surface area contributed by atoms with E-state index in [1.54, 1.807) is 50.2 Å². The van der Waals surface area contributed by atoms with Crippen LogP contribution in [0.5, 0.6) is 5.75 Å². The molecule has 0 saturated carbocycles. The van der Waals surface area contributed by atoms with Gasteiger partial charge in [0.05, 0.1) is 23.4 Å². The summed E-state index contributed by atoms with van der Waals surface area (Å²) in [5.74, 6) is 0.765. The van der Waals surface area contributed by atoms with E-state index in [-0.39, 0.29) is 10.6 Å². The molecule has 0 bridgehead atoms. The molecule has 1 saturated heterocycles. The maximum absolute atomic E-state index is 12.8. The first-order valence-electron chi connectivity index (χ1n) is 8.92. The fourth-order valence-corrected chi connectivity index (χ4v) is 6.27. The van der Waals surface area contributed by atoms with Crippen LogP contribution in [0.2, 0.25) is 0 Å². The summed E-state index contributed by atoms with van der Waals surface area (Å²) >= 11 is 0.